The summed E-state index contributed by atoms with van der Waals surface area (Å²) in [7, 11) is 0. The molecule has 0 bridgehead atoms. The number of aliphatic carboxylic acids is 1. The molecule has 1 aliphatic carbocycles. The third-order valence-electron chi connectivity index (χ3n) is 4.32. The van der Waals surface area contributed by atoms with Crippen LogP contribution in [0, 0.1) is 11.3 Å². The van der Waals surface area contributed by atoms with E-state index >= 15 is 0 Å². The summed E-state index contributed by atoms with van der Waals surface area (Å²) in [6, 6.07) is 0. The molecule has 1 heterocycles. The topological polar surface area (TPSA) is 66.8 Å². The lowest BCUT2D eigenvalue weighted by Gasteiger charge is -2.33. The van der Waals surface area contributed by atoms with Gasteiger partial charge in [-0.05, 0) is 24.7 Å². The zero-order chi connectivity index (χ0) is 17.6. The second-order valence-corrected chi connectivity index (χ2v) is 5.79. The molecule has 1 atom stereocenters. The molecule has 23 heavy (non-hydrogen) atoms. The van der Waals surface area contributed by atoms with Gasteiger partial charge in [-0.25, -0.2) is 4.79 Å². The van der Waals surface area contributed by atoms with Crippen LogP contribution >= 0.6 is 0 Å². The maximum Gasteiger partial charge on any atom is 0.434 e. The number of carboxylic acid groups (broad SMARTS) is 1. The normalized spacial score (nSPS) is 24.0. The first-order valence-electron chi connectivity index (χ1n) is 6.69. The molecule has 0 radical (unpaired) electrons. The fourth-order valence-corrected chi connectivity index (χ4v) is 2.88. The summed E-state index contributed by atoms with van der Waals surface area (Å²) in [5, 5.41) is 8.89. The van der Waals surface area contributed by atoms with Crippen LogP contribution in [0.25, 0.3) is 0 Å². The van der Waals surface area contributed by atoms with Gasteiger partial charge in [-0.1, -0.05) is 0 Å². The Morgan fingerprint density at radius 3 is 1.91 bits per heavy atom. The second kappa shape index (κ2) is 5.45. The molecule has 132 valence electrons. The number of hydrogen-bond donors (Lipinski definition) is 1. The fourth-order valence-electron chi connectivity index (χ4n) is 2.88. The number of halogens is 6. The SMILES string of the molecule is O=C(O)C1CC12CCN(C(=O)OC(C(F)(F)F)C(F)(F)F)CC2. The molecule has 2 aliphatic rings. The van der Waals surface area contributed by atoms with Gasteiger partial charge in [0.2, 0.25) is 0 Å². The van der Waals surface area contributed by atoms with E-state index in [9.17, 15) is 35.9 Å². The van der Waals surface area contributed by atoms with Gasteiger partial charge in [0.05, 0.1) is 5.92 Å². The zero-order valence-corrected chi connectivity index (χ0v) is 11.6. The lowest BCUT2D eigenvalue weighted by molar-refractivity contribution is -0.308. The van der Waals surface area contributed by atoms with Crippen LogP contribution in [0.4, 0.5) is 31.1 Å². The highest BCUT2D eigenvalue weighted by Gasteiger charge is 2.61. The minimum atomic E-state index is -5.75. The number of rotatable bonds is 2. The minimum absolute atomic E-state index is 0.134. The molecule has 1 saturated carbocycles. The van der Waals surface area contributed by atoms with Gasteiger partial charge in [-0.3, -0.25) is 4.79 Å². The van der Waals surface area contributed by atoms with Gasteiger partial charge in [0.15, 0.2) is 0 Å². The molecule has 2 rings (SSSR count). The first-order chi connectivity index (χ1) is 10.4. The summed E-state index contributed by atoms with van der Waals surface area (Å²) < 4.78 is 77.6. The first kappa shape index (κ1) is 17.7. The quantitative estimate of drug-likeness (QED) is 0.779. The molecule has 1 spiro atoms. The Labute approximate surface area is 126 Å². The number of nitrogens with zero attached hydrogens (tertiary/aromatic N) is 1. The highest BCUT2D eigenvalue weighted by atomic mass is 19.4. The molecule has 0 aromatic heterocycles. The van der Waals surface area contributed by atoms with Crippen molar-refractivity contribution >= 4 is 12.1 Å². The number of carboxylic acids is 1. The summed E-state index contributed by atoms with van der Waals surface area (Å²) in [5.41, 5.74) is -0.504. The van der Waals surface area contributed by atoms with Gasteiger partial charge in [0.25, 0.3) is 6.10 Å². The van der Waals surface area contributed by atoms with Crippen molar-refractivity contribution < 1.29 is 45.8 Å². The highest BCUT2D eigenvalue weighted by molar-refractivity contribution is 5.75. The summed E-state index contributed by atoms with van der Waals surface area (Å²) in [5.74, 6) is -1.56. The average Bonchev–Trinajstić information content (AvgIpc) is 3.08. The molecular weight excluding hydrogens is 336 g/mol. The third kappa shape index (κ3) is 3.63. The number of carbonyl (C=O) groups is 2. The zero-order valence-electron chi connectivity index (χ0n) is 11.6. The monoisotopic (exact) mass is 349 g/mol. The number of ether oxygens (including phenoxy) is 1. The van der Waals surface area contributed by atoms with E-state index in [1.54, 1.807) is 0 Å². The van der Waals surface area contributed by atoms with E-state index in [-0.39, 0.29) is 25.9 Å². The van der Waals surface area contributed by atoms with Crippen LogP contribution < -0.4 is 0 Å². The van der Waals surface area contributed by atoms with E-state index < -0.39 is 41.9 Å². The number of amides is 1. The third-order valence-corrected chi connectivity index (χ3v) is 4.32. The Bertz CT molecular complexity index is 481. The molecule has 2 fully saturated rings. The van der Waals surface area contributed by atoms with E-state index in [0.29, 0.717) is 6.42 Å². The minimum Gasteiger partial charge on any atom is -0.481 e. The van der Waals surface area contributed by atoms with Crippen molar-refractivity contribution in [3.8, 4) is 0 Å². The molecule has 1 amide bonds. The number of carbonyl (C=O) groups excluding carboxylic acids is 1. The first-order valence-corrected chi connectivity index (χ1v) is 6.69. The van der Waals surface area contributed by atoms with Crippen LogP contribution in [0.3, 0.4) is 0 Å². The number of piperidine rings is 1. The van der Waals surface area contributed by atoms with E-state index in [1.165, 1.54) is 0 Å². The molecular formula is C12H13F6NO4. The number of hydrogen-bond acceptors (Lipinski definition) is 3. The summed E-state index contributed by atoms with van der Waals surface area (Å²) in [6.07, 6.45) is -16.6. The van der Waals surface area contributed by atoms with E-state index in [2.05, 4.69) is 4.74 Å². The molecule has 1 aliphatic heterocycles. The van der Waals surface area contributed by atoms with Crippen LogP contribution in [0.2, 0.25) is 0 Å². The molecule has 5 nitrogen and oxygen atoms in total. The van der Waals surface area contributed by atoms with Crippen LogP contribution in [0.1, 0.15) is 19.3 Å². The molecule has 1 unspecified atom stereocenters. The van der Waals surface area contributed by atoms with Crippen molar-refractivity contribution in [1.82, 2.24) is 4.90 Å². The molecule has 0 aromatic rings. The van der Waals surface area contributed by atoms with Crippen molar-refractivity contribution in [3.63, 3.8) is 0 Å². The fraction of sp³-hybridized carbons (Fsp3) is 0.833. The lowest BCUT2D eigenvalue weighted by Crippen LogP contribution is -2.49. The van der Waals surface area contributed by atoms with E-state index in [4.69, 9.17) is 5.11 Å². The van der Waals surface area contributed by atoms with Gasteiger partial charge in [-0.2, -0.15) is 26.3 Å². The second-order valence-electron chi connectivity index (χ2n) is 5.79. The summed E-state index contributed by atoms with van der Waals surface area (Å²) in [6.45, 7) is -0.268. The van der Waals surface area contributed by atoms with Gasteiger partial charge < -0.3 is 14.7 Å². The molecule has 11 heteroatoms. The van der Waals surface area contributed by atoms with E-state index in [1.807, 2.05) is 0 Å². The Morgan fingerprint density at radius 1 is 1.09 bits per heavy atom. The summed E-state index contributed by atoms with van der Waals surface area (Å²) in [4.78, 5) is 23.1. The predicted octanol–water partition coefficient (Wildman–Crippen LogP) is 2.80. The summed E-state index contributed by atoms with van der Waals surface area (Å²) >= 11 is 0. The molecule has 1 saturated heterocycles. The standard InChI is InChI=1S/C12H13F6NO4/c13-11(14,15)8(12(16,17)18)23-9(22)19-3-1-10(2-4-19)5-6(10)7(20)21/h6,8H,1-5H2,(H,20,21). The van der Waals surface area contributed by atoms with Gasteiger partial charge in [0, 0.05) is 13.1 Å². The maximum absolute atomic E-state index is 12.3. The van der Waals surface area contributed by atoms with Crippen LogP contribution in [-0.4, -0.2) is 53.6 Å². The average molecular weight is 349 g/mol. The Balaban J connectivity index is 1.94. The largest absolute Gasteiger partial charge is 0.481 e. The molecule has 0 aromatic carbocycles. The van der Waals surface area contributed by atoms with Gasteiger partial charge in [0.1, 0.15) is 0 Å². The van der Waals surface area contributed by atoms with Crippen molar-refractivity contribution in [2.45, 2.75) is 37.7 Å². The van der Waals surface area contributed by atoms with Gasteiger partial charge >= 0.3 is 24.4 Å². The van der Waals surface area contributed by atoms with Crippen molar-refractivity contribution in [3.05, 3.63) is 0 Å². The van der Waals surface area contributed by atoms with E-state index in [0.717, 1.165) is 4.90 Å². The van der Waals surface area contributed by atoms with Crippen LogP contribution in [-0.2, 0) is 9.53 Å². The maximum atomic E-state index is 12.3. The smallest absolute Gasteiger partial charge is 0.434 e. The number of likely N-dealkylation sites (tertiary alicyclic amines) is 1. The lowest BCUT2D eigenvalue weighted by atomic mass is 9.91. The Morgan fingerprint density at radius 2 is 1.57 bits per heavy atom. The number of alkyl halides is 6. The van der Waals surface area contributed by atoms with Crippen molar-refractivity contribution in [2.75, 3.05) is 13.1 Å². The van der Waals surface area contributed by atoms with Crippen molar-refractivity contribution in [1.29, 1.82) is 0 Å². The molecule has 1 N–H and O–H groups in total. The Hall–Kier alpha value is -1.68. The van der Waals surface area contributed by atoms with Crippen molar-refractivity contribution in [2.24, 2.45) is 11.3 Å². The highest BCUT2D eigenvalue weighted by Crippen LogP contribution is 2.59. The van der Waals surface area contributed by atoms with Crippen LogP contribution in [0.5, 0.6) is 0 Å². The van der Waals surface area contributed by atoms with Crippen LogP contribution in [0.15, 0.2) is 0 Å². The predicted molar refractivity (Wildman–Crippen MR) is 61.4 cm³/mol. The Kier molecular flexibility index (Phi) is 4.18. The van der Waals surface area contributed by atoms with Gasteiger partial charge in [-0.15, -0.1) is 0 Å².